The van der Waals surface area contributed by atoms with Crippen LogP contribution in [0.1, 0.15) is 39.4 Å². The van der Waals surface area contributed by atoms with Crippen LogP contribution in [0.3, 0.4) is 0 Å². The van der Waals surface area contributed by atoms with Gasteiger partial charge in [-0.15, -0.1) is 0 Å². The highest BCUT2D eigenvalue weighted by Crippen LogP contribution is 2.34. The third kappa shape index (κ3) is 3.32. The minimum atomic E-state index is -0.119. The summed E-state index contributed by atoms with van der Waals surface area (Å²) in [4.78, 5) is 0. The summed E-state index contributed by atoms with van der Waals surface area (Å²) in [6, 6.07) is -0.119. The SMILES string of the molecule is CCOC(C(NN)c1c(Br)cnn1C)C(C)(C)C. The number of aryl methyl sites for hydroxylation is 1. The highest BCUT2D eigenvalue weighted by atomic mass is 79.9. The molecule has 18 heavy (non-hydrogen) atoms. The van der Waals surface area contributed by atoms with Crippen LogP contribution in [0.4, 0.5) is 0 Å². The van der Waals surface area contributed by atoms with Gasteiger partial charge in [-0.3, -0.25) is 10.5 Å². The van der Waals surface area contributed by atoms with Crippen molar-refractivity contribution in [2.24, 2.45) is 18.3 Å². The first-order valence-electron chi connectivity index (χ1n) is 6.08. The van der Waals surface area contributed by atoms with Crippen molar-refractivity contribution in [1.82, 2.24) is 15.2 Å². The number of hydrazine groups is 1. The fourth-order valence-corrected chi connectivity index (χ4v) is 2.70. The molecule has 0 saturated heterocycles. The van der Waals surface area contributed by atoms with E-state index in [1.165, 1.54) is 0 Å². The Labute approximate surface area is 117 Å². The van der Waals surface area contributed by atoms with Gasteiger partial charge in [0.15, 0.2) is 0 Å². The van der Waals surface area contributed by atoms with E-state index < -0.39 is 0 Å². The second kappa shape index (κ2) is 6.14. The minimum Gasteiger partial charge on any atom is -0.376 e. The molecule has 5 nitrogen and oxygen atoms in total. The van der Waals surface area contributed by atoms with Gasteiger partial charge in [-0.25, -0.2) is 5.43 Å². The fourth-order valence-electron chi connectivity index (χ4n) is 2.11. The number of halogens is 1. The smallest absolute Gasteiger partial charge is 0.0906 e. The number of nitrogens with zero attached hydrogens (tertiary/aromatic N) is 2. The molecule has 0 aliphatic rings. The molecule has 2 atom stereocenters. The average Bonchev–Trinajstić information content (AvgIpc) is 2.59. The highest BCUT2D eigenvalue weighted by molar-refractivity contribution is 9.10. The Kier molecular flexibility index (Phi) is 5.33. The number of hydrogen-bond acceptors (Lipinski definition) is 4. The Morgan fingerprint density at radius 1 is 1.56 bits per heavy atom. The quantitative estimate of drug-likeness (QED) is 0.645. The van der Waals surface area contributed by atoms with Gasteiger partial charge in [0.25, 0.3) is 0 Å². The number of rotatable bonds is 5. The lowest BCUT2D eigenvalue weighted by Gasteiger charge is -2.36. The zero-order valence-electron chi connectivity index (χ0n) is 11.7. The summed E-state index contributed by atoms with van der Waals surface area (Å²) in [6.45, 7) is 9.06. The molecule has 0 fully saturated rings. The van der Waals surface area contributed by atoms with Crippen molar-refractivity contribution in [2.45, 2.75) is 39.8 Å². The molecule has 0 saturated carbocycles. The van der Waals surface area contributed by atoms with Crippen molar-refractivity contribution in [1.29, 1.82) is 0 Å². The standard InChI is InChI=1S/C12H23BrN4O/c1-6-18-11(12(2,3)4)9(16-14)10-8(13)7-15-17(10)5/h7,9,11,16H,6,14H2,1-5H3. The third-order valence-electron chi connectivity index (χ3n) is 2.91. The fraction of sp³-hybridized carbons (Fsp3) is 0.750. The molecule has 0 amide bonds. The van der Waals surface area contributed by atoms with Crippen LogP contribution in [0.15, 0.2) is 10.7 Å². The summed E-state index contributed by atoms with van der Waals surface area (Å²) < 4.78 is 8.63. The van der Waals surface area contributed by atoms with Gasteiger partial charge in [-0.1, -0.05) is 20.8 Å². The van der Waals surface area contributed by atoms with Crippen LogP contribution in [0.25, 0.3) is 0 Å². The molecule has 1 rings (SSSR count). The average molecular weight is 319 g/mol. The molecule has 6 heteroatoms. The number of nitrogens with one attached hydrogen (secondary N) is 1. The molecular formula is C12H23BrN4O. The van der Waals surface area contributed by atoms with Gasteiger partial charge in [0.1, 0.15) is 0 Å². The molecule has 2 unspecified atom stereocenters. The first-order valence-corrected chi connectivity index (χ1v) is 6.87. The van der Waals surface area contributed by atoms with Gasteiger partial charge in [0, 0.05) is 13.7 Å². The Morgan fingerprint density at radius 3 is 2.50 bits per heavy atom. The lowest BCUT2D eigenvalue weighted by atomic mass is 9.83. The summed E-state index contributed by atoms with van der Waals surface area (Å²) in [5.74, 6) is 5.74. The normalized spacial score (nSPS) is 15.7. The molecule has 0 bridgehead atoms. The van der Waals surface area contributed by atoms with E-state index in [1.54, 1.807) is 6.20 Å². The number of nitrogens with two attached hydrogens (primary N) is 1. The largest absolute Gasteiger partial charge is 0.376 e. The van der Waals surface area contributed by atoms with Crippen molar-refractivity contribution in [3.8, 4) is 0 Å². The van der Waals surface area contributed by atoms with Crippen LogP contribution in [-0.2, 0) is 11.8 Å². The molecule has 104 valence electrons. The lowest BCUT2D eigenvalue weighted by Crippen LogP contribution is -2.45. The monoisotopic (exact) mass is 318 g/mol. The predicted molar refractivity (Wildman–Crippen MR) is 75.8 cm³/mol. The van der Waals surface area contributed by atoms with E-state index in [0.717, 1.165) is 10.2 Å². The van der Waals surface area contributed by atoms with Crippen LogP contribution >= 0.6 is 15.9 Å². The molecule has 1 aromatic rings. The first-order chi connectivity index (χ1) is 8.32. The summed E-state index contributed by atoms with van der Waals surface area (Å²) in [6.07, 6.45) is 1.73. The van der Waals surface area contributed by atoms with Gasteiger partial charge < -0.3 is 4.74 Å². The second-order valence-electron chi connectivity index (χ2n) is 5.39. The zero-order valence-corrected chi connectivity index (χ0v) is 13.3. The minimum absolute atomic E-state index is 0.0310. The van der Waals surface area contributed by atoms with E-state index >= 15 is 0 Å². The first kappa shape index (κ1) is 15.6. The molecule has 0 radical (unpaired) electrons. The van der Waals surface area contributed by atoms with Gasteiger partial charge in [-0.05, 0) is 28.3 Å². The van der Waals surface area contributed by atoms with Crippen LogP contribution in [0, 0.1) is 5.41 Å². The van der Waals surface area contributed by atoms with E-state index in [0.29, 0.717) is 6.61 Å². The van der Waals surface area contributed by atoms with Crippen LogP contribution in [0.2, 0.25) is 0 Å². The Bertz CT molecular complexity index is 366. The zero-order chi connectivity index (χ0) is 13.9. The Morgan fingerprint density at radius 2 is 2.17 bits per heavy atom. The Balaban J connectivity index is 3.14. The predicted octanol–water partition coefficient (Wildman–Crippen LogP) is 2.14. The van der Waals surface area contributed by atoms with Gasteiger partial charge in [0.2, 0.25) is 0 Å². The maximum atomic E-state index is 5.89. The van der Waals surface area contributed by atoms with Gasteiger partial charge in [0.05, 0.1) is 28.5 Å². The van der Waals surface area contributed by atoms with Crippen LogP contribution in [0.5, 0.6) is 0 Å². The van der Waals surface area contributed by atoms with Crippen molar-refractivity contribution < 1.29 is 4.74 Å². The summed E-state index contributed by atoms with van der Waals surface area (Å²) in [5, 5.41) is 4.23. The molecule has 0 aromatic carbocycles. The van der Waals surface area contributed by atoms with Crippen molar-refractivity contribution in [2.75, 3.05) is 6.61 Å². The van der Waals surface area contributed by atoms with E-state index in [9.17, 15) is 0 Å². The van der Waals surface area contributed by atoms with Gasteiger partial charge >= 0.3 is 0 Å². The summed E-state index contributed by atoms with van der Waals surface area (Å²) in [5.41, 5.74) is 3.82. The third-order valence-corrected chi connectivity index (χ3v) is 3.53. The molecule has 3 N–H and O–H groups in total. The number of hydrogen-bond donors (Lipinski definition) is 2. The molecule has 0 aliphatic heterocycles. The number of ether oxygens (including phenoxy) is 1. The summed E-state index contributed by atoms with van der Waals surface area (Å²) >= 11 is 3.51. The molecule has 0 spiro atoms. The van der Waals surface area contributed by atoms with Crippen molar-refractivity contribution in [3.63, 3.8) is 0 Å². The summed E-state index contributed by atoms with van der Waals surface area (Å²) in [7, 11) is 1.90. The maximum absolute atomic E-state index is 5.89. The Hall–Kier alpha value is -0.430. The van der Waals surface area contributed by atoms with E-state index in [4.69, 9.17) is 10.6 Å². The van der Waals surface area contributed by atoms with E-state index in [2.05, 4.69) is 47.2 Å². The van der Waals surface area contributed by atoms with E-state index in [-0.39, 0.29) is 17.6 Å². The maximum Gasteiger partial charge on any atom is 0.0906 e. The van der Waals surface area contributed by atoms with Crippen molar-refractivity contribution >= 4 is 15.9 Å². The van der Waals surface area contributed by atoms with Gasteiger partial charge in [-0.2, -0.15) is 5.10 Å². The highest BCUT2D eigenvalue weighted by Gasteiger charge is 2.36. The molecule has 1 aromatic heterocycles. The van der Waals surface area contributed by atoms with Crippen LogP contribution < -0.4 is 11.3 Å². The molecular weight excluding hydrogens is 296 g/mol. The molecule has 0 aliphatic carbocycles. The molecule has 1 heterocycles. The van der Waals surface area contributed by atoms with E-state index in [1.807, 2.05) is 18.7 Å². The number of aromatic nitrogens is 2. The lowest BCUT2D eigenvalue weighted by molar-refractivity contribution is -0.0384. The topological polar surface area (TPSA) is 65.1 Å². The van der Waals surface area contributed by atoms with Crippen LogP contribution in [-0.4, -0.2) is 22.5 Å². The second-order valence-corrected chi connectivity index (χ2v) is 6.24. The van der Waals surface area contributed by atoms with Crippen molar-refractivity contribution in [3.05, 3.63) is 16.4 Å².